The van der Waals surface area contributed by atoms with E-state index in [1.54, 1.807) is 29.8 Å². The van der Waals surface area contributed by atoms with E-state index >= 15 is 0 Å². The number of nitrogens with one attached hydrogen (secondary N) is 1. The number of amides is 1. The van der Waals surface area contributed by atoms with Crippen LogP contribution in [-0.2, 0) is 0 Å². The number of aromatic hydroxyl groups is 1. The molecule has 1 amide bonds. The molecule has 11 heteroatoms. The lowest BCUT2D eigenvalue weighted by Gasteiger charge is -2.08. The van der Waals surface area contributed by atoms with E-state index in [-0.39, 0.29) is 11.6 Å². The largest absolute Gasteiger partial charge is 0.505 e. The van der Waals surface area contributed by atoms with Crippen LogP contribution in [0.2, 0.25) is 0 Å². The highest BCUT2D eigenvalue weighted by molar-refractivity contribution is 7.15. The number of carbonyl (C=O) groups is 1. The maximum absolute atomic E-state index is 12.9. The Kier molecular flexibility index (Phi) is 5.30. The summed E-state index contributed by atoms with van der Waals surface area (Å²) >= 11 is 1.36. The van der Waals surface area contributed by atoms with E-state index in [0.717, 1.165) is 33.3 Å². The van der Waals surface area contributed by atoms with Crippen LogP contribution >= 0.6 is 11.3 Å². The standard InChI is InChI=1S/C23H18N6O4S/c1-13-4-3-5-15(10-13)28-19(31)11-18(30)20(26-28)21(32)24-22-25-23-29(27-22)17(12-34-23)14-6-8-16(33-2)9-7-14/h3-12,30H,1-2H3,(H,24,27,32). The van der Waals surface area contributed by atoms with Gasteiger partial charge in [-0.1, -0.05) is 12.1 Å². The summed E-state index contributed by atoms with van der Waals surface area (Å²) in [5.41, 5.74) is 2.20. The quantitative estimate of drug-likeness (QED) is 0.401. The van der Waals surface area contributed by atoms with Gasteiger partial charge in [0, 0.05) is 17.0 Å². The molecule has 0 aliphatic heterocycles. The number of thiazole rings is 1. The molecule has 3 aromatic heterocycles. The molecule has 5 aromatic rings. The molecule has 0 aliphatic rings. The number of anilines is 1. The molecule has 3 heterocycles. The van der Waals surface area contributed by atoms with Crippen molar-refractivity contribution in [1.82, 2.24) is 24.4 Å². The van der Waals surface area contributed by atoms with Gasteiger partial charge in [0.1, 0.15) is 5.75 Å². The second-order valence-electron chi connectivity index (χ2n) is 7.40. The Bertz CT molecular complexity index is 1590. The molecule has 0 spiro atoms. The van der Waals surface area contributed by atoms with Gasteiger partial charge in [0.2, 0.25) is 4.96 Å². The zero-order valence-electron chi connectivity index (χ0n) is 18.1. The Balaban J connectivity index is 1.45. The van der Waals surface area contributed by atoms with E-state index in [0.29, 0.717) is 10.6 Å². The summed E-state index contributed by atoms with van der Waals surface area (Å²) in [5, 5.41) is 23.1. The van der Waals surface area contributed by atoms with Crippen LogP contribution in [0.3, 0.4) is 0 Å². The fraction of sp³-hybridized carbons (Fsp3) is 0.0870. The lowest BCUT2D eigenvalue weighted by atomic mass is 10.2. The minimum absolute atomic E-state index is 0.0427. The molecule has 0 aliphatic carbocycles. The van der Waals surface area contributed by atoms with Gasteiger partial charge in [0.15, 0.2) is 11.4 Å². The second kappa shape index (κ2) is 8.45. The number of hydrogen-bond donors (Lipinski definition) is 2. The monoisotopic (exact) mass is 474 g/mol. The van der Waals surface area contributed by atoms with E-state index < -0.39 is 17.2 Å². The van der Waals surface area contributed by atoms with Crippen LogP contribution in [0.25, 0.3) is 21.9 Å². The summed E-state index contributed by atoms with van der Waals surface area (Å²) < 4.78 is 7.87. The average molecular weight is 475 g/mol. The van der Waals surface area contributed by atoms with Crippen molar-refractivity contribution in [3.63, 3.8) is 0 Å². The highest BCUT2D eigenvalue weighted by atomic mass is 32.1. The Hall–Kier alpha value is -4.51. The number of benzene rings is 2. The normalized spacial score (nSPS) is 11.0. The molecule has 5 rings (SSSR count). The third kappa shape index (κ3) is 3.88. The van der Waals surface area contributed by atoms with Crippen LogP contribution in [0.5, 0.6) is 11.5 Å². The van der Waals surface area contributed by atoms with Crippen LogP contribution < -0.4 is 15.6 Å². The number of nitrogens with zero attached hydrogens (tertiary/aromatic N) is 5. The molecule has 0 bridgehead atoms. The number of ether oxygens (including phenoxy) is 1. The number of aryl methyl sites for hydroxylation is 1. The molecular formula is C23H18N6O4S. The van der Waals surface area contributed by atoms with Crippen LogP contribution in [-0.4, -0.2) is 42.5 Å². The van der Waals surface area contributed by atoms with E-state index in [4.69, 9.17) is 4.74 Å². The molecule has 0 atom stereocenters. The summed E-state index contributed by atoms with van der Waals surface area (Å²) in [6.07, 6.45) is 0. The molecule has 0 saturated carbocycles. The first kappa shape index (κ1) is 21.3. The second-order valence-corrected chi connectivity index (χ2v) is 8.24. The topological polar surface area (TPSA) is 124 Å². The predicted molar refractivity (Wildman–Crippen MR) is 127 cm³/mol. The van der Waals surface area contributed by atoms with E-state index in [1.165, 1.54) is 11.3 Å². The summed E-state index contributed by atoms with van der Waals surface area (Å²) in [6, 6.07) is 15.5. The lowest BCUT2D eigenvalue weighted by Crippen LogP contribution is -2.25. The first-order valence-corrected chi connectivity index (χ1v) is 11.0. The molecular weight excluding hydrogens is 456 g/mol. The number of methoxy groups -OCH3 is 1. The molecule has 2 aromatic carbocycles. The van der Waals surface area contributed by atoms with Crippen LogP contribution in [0.15, 0.2) is 64.8 Å². The van der Waals surface area contributed by atoms with Crippen molar-refractivity contribution in [2.75, 3.05) is 12.4 Å². The Morgan fingerprint density at radius 3 is 2.65 bits per heavy atom. The molecule has 0 saturated heterocycles. The first-order valence-electron chi connectivity index (χ1n) is 10.1. The SMILES string of the molecule is COc1ccc(-c2csc3nc(NC(=O)c4nn(-c5cccc(C)c5)c(=O)cc4O)nn23)cc1. The zero-order chi connectivity index (χ0) is 23.8. The minimum atomic E-state index is -0.747. The molecule has 0 unspecified atom stereocenters. The maximum Gasteiger partial charge on any atom is 0.282 e. The number of carbonyl (C=O) groups excluding carboxylic acids is 1. The van der Waals surface area contributed by atoms with Gasteiger partial charge in [0.25, 0.3) is 17.4 Å². The van der Waals surface area contributed by atoms with Gasteiger partial charge in [-0.15, -0.1) is 16.4 Å². The first-order chi connectivity index (χ1) is 16.4. The predicted octanol–water partition coefficient (Wildman–Crippen LogP) is 3.28. The van der Waals surface area contributed by atoms with Gasteiger partial charge in [-0.05, 0) is 48.9 Å². The maximum atomic E-state index is 12.9. The Morgan fingerprint density at radius 2 is 1.91 bits per heavy atom. The number of fused-ring (bicyclic) bond motifs is 1. The highest BCUT2D eigenvalue weighted by Crippen LogP contribution is 2.27. The number of rotatable bonds is 5. The van der Waals surface area contributed by atoms with Gasteiger partial charge >= 0.3 is 0 Å². The summed E-state index contributed by atoms with van der Waals surface area (Å²) in [4.78, 5) is 30.1. The van der Waals surface area contributed by atoms with Gasteiger partial charge in [0.05, 0.1) is 18.5 Å². The van der Waals surface area contributed by atoms with E-state index in [1.807, 2.05) is 42.6 Å². The van der Waals surface area contributed by atoms with Crippen molar-refractivity contribution >= 4 is 28.2 Å². The minimum Gasteiger partial charge on any atom is -0.505 e. The van der Waals surface area contributed by atoms with Gasteiger partial charge in [-0.2, -0.15) is 14.8 Å². The van der Waals surface area contributed by atoms with Gasteiger partial charge in [-0.25, -0.2) is 4.52 Å². The van der Waals surface area contributed by atoms with E-state index in [9.17, 15) is 14.7 Å². The van der Waals surface area contributed by atoms with Crippen molar-refractivity contribution in [2.45, 2.75) is 6.92 Å². The summed E-state index contributed by atoms with van der Waals surface area (Å²) in [5.74, 6) is -0.503. The Morgan fingerprint density at radius 1 is 1.12 bits per heavy atom. The fourth-order valence-corrected chi connectivity index (χ4v) is 4.24. The highest BCUT2D eigenvalue weighted by Gasteiger charge is 2.20. The molecule has 10 nitrogen and oxygen atoms in total. The lowest BCUT2D eigenvalue weighted by molar-refractivity contribution is 0.101. The van der Waals surface area contributed by atoms with Crippen LogP contribution in [0.4, 0.5) is 5.95 Å². The summed E-state index contributed by atoms with van der Waals surface area (Å²) in [6.45, 7) is 1.87. The van der Waals surface area contributed by atoms with Crippen LogP contribution in [0.1, 0.15) is 16.1 Å². The molecule has 0 fully saturated rings. The molecule has 2 N–H and O–H groups in total. The number of aromatic nitrogens is 5. The van der Waals surface area contributed by atoms with Crippen molar-refractivity contribution in [3.05, 3.63) is 81.6 Å². The zero-order valence-corrected chi connectivity index (χ0v) is 18.9. The van der Waals surface area contributed by atoms with Gasteiger partial charge < -0.3 is 9.84 Å². The van der Waals surface area contributed by atoms with Crippen molar-refractivity contribution in [1.29, 1.82) is 0 Å². The number of hydrogen-bond acceptors (Lipinski definition) is 8. The molecule has 0 radical (unpaired) electrons. The molecule has 170 valence electrons. The van der Waals surface area contributed by atoms with Crippen molar-refractivity contribution < 1.29 is 14.6 Å². The van der Waals surface area contributed by atoms with Crippen molar-refractivity contribution in [2.24, 2.45) is 0 Å². The van der Waals surface area contributed by atoms with Crippen molar-refractivity contribution in [3.8, 4) is 28.4 Å². The molecule has 34 heavy (non-hydrogen) atoms. The Labute approximate surface area is 196 Å². The smallest absolute Gasteiger partial charge is 0.282 e. The van der Waals surface area contributed by atoms with Gasteiger partial charge in [-0.3, -0.25) is 14.9 Å². The third-order valence-electron chi connectivity index (χ3n) is 5.07. The summed E-state index contributed by atoms with van der Waals surface area (Å²) in [7, 11) is 1.60. The fourth-order valence-electron chi connectivity index (χ4n) is 3.41. The van der Waals surface area contributed by atoms with E-state index in [2.05, 4.69) is 20.5 Å². The average Bonchev–Trinajstić information content (AvgIpc) is 3.39. The van der Waals surface area contributed by atoms with Crippen LogP contribution in [0, 0.1) is 6.92 Å². The third-order valence-corrected chi connectivity index (χ3v) is 5.88.